The molecule has 2 aliphatic rings. The Labute approximate surface area is 299 Å². The maximum atomic E-state index is 15.5. The Morgan fingerprint density at radius 2 is 1.49 bits per heavy atom. The van der Waals surface area contributed by atoms with E-state index in [0.29, 0.717) is 63.5 Å². The van der Waals surface area contributed by atoms with E-state index in [4.69, 9.17) is 11.0 Å². The number of aromatic nitrogens is 4. The number of pyridine rings is 4. The second kappa shape index (κ2) is 18.8. The van der Waals surface area contributed by atoms with Gasteiger partial charge >= 0.3 is 0 Å². The fraction of sp³-hybridized carbons (Fsp3) is 0.343. The Kier molecular flexibility index (Phi) is 14.3. The van der Waals surface area contributed by atoms with Gasteiger partial charge in [-0.05, 0) is 30.5 Å². The van der Waals surface area contributed by atoms with Crippen LogP contribution in [0.15, 0.2) is 55.1 Å². The summed E-state index contributed by atoms with van der Waals surface area (Å²) in [6.45, 7) is 2.72. The van der Waals surface area contributed by atoms with Gasteiger partial charge in [-0.1, -0.05) is 0 Å². The molecular weight excluding hydrogens is 711 g/mol. The largest absolute Gasteiger partial charge is 0.384 e. The van der Waals surface area contributed by atoms with Crippen LogP contribution in [-0.4, -0.2) is 79.8 Å². The quantitative estimate of drug-likeness (QED) is 0.199. The third-order valence-corrected chi connectivity index (χ3v) is 8.37. The van der Waals surface area contributed by atoms with Crippen molar-refractivity contribution in [1.82, 2.24) is 35.1 Å². The SMILES string of the molecule is N#Cc1ncc(F)cc1F.Nc1cc(CN2CCC(F)(C(=O)N3CCC(NCc4ncc(F)cc4F)CC3)CC2)ccn1.O=Cc1ncc(F)cc1F. The number of nitrogen functional groups attached to an aromatic ring is 1. The van der Waals surface area contributed by atoms with Gasteiger partial charge in [0.15, 0.2) is 29.3 Å². The number of aldehydes is 1. The molecule has 18 heteroatoms. The van der Waals surface area contributed by atoms with Gasteiger partial charge in [-0.3, -0.25) is 19.5 Å². The van der Waals surface area contributed by atoms with Crippen molar-refractivity contribution in [3.05, 3.63) is 113 Å². The molecule has 2 saturated heterocycles. The molecule has 11 nitrogen and oxygen atoms in total. The molecule has 0 saturated carbocycles. The summed E-state index contributed by atoms with van der Waals surface area (Å²) >= 11 is 0. The monoisotopic (exact) mass is 745 g/mol. The number of nitriles is 1. The predicted molar refractivity (Wildman–Crippen MR) is 176 cm³/mol. The van der Waals surface area contributed by atoms with Crippen molar-refractivity contribution in [2.45, 2.75) is 50.5 Å². The third-order valence-electron chi connectivity index (χ3n) is 8.37. The highest BCUT2D eigenvalue weighted by Gasteiger charge is 2.44. The second-order valence-electron chi connectivity index (χ2n) is 12.1. The number of likely N-dealkylation sites (tertiary alicyclic amines) is 2. The summed E-state index contributed by atoms with van der Waals surface area (Å²) in [6.07, 6.45) is 6.06. The lowest BCUT2D eigenvalue weighted by Gasteiger charge is -2.40. The van der Waals surface area contributed by atoms with Crippen LogP contribution in [0.25, 0.3) is 0 Å². The molecule has 0 bridgehead atoms. The summed E-state index contributed by atoms with van der Waals surface area (Å²) in [7, 11) is 0. The van der Waals surface area contributed by atoms with E-state index < -0.39 is 46.5 Å². The lowest BCUT2D eigenvalue weighted by atomic mass is 9.90. The molecular formula is C35H34F7N9O2. The highest BCUT2D eigenvalue weighted by Crippen LogP contribution is 2.31. The zero-order chi connectivity index (χ0) is 38.5. The van der Waals surface area contributed by atoms with Crippen LogP contribution in [0, 0.1) is 46.2 Å². The Bertz CT molecular complexity index is 1920. The van der Waals surface area contributed by atoms with E-state index in [1.807, 2.05) is 6.07 Å². The first-order chi connectivity index (χ1) is 25.3. The molecule has 6 rings (SSSR count). The van der Waals surface area contributed by atoms with E-state index in [2.05, 4.69) is 30.2 Å². The number of anilines is 1. The van der Waals surface area contributed by atoms with Crippen molar-refractivity contribution in [1.29, 1.82) is 5.26 Å². The first-order valence-electron chi connectivity index (χ1n) is 16.2. The number of nitrogens with one attached hydrogen (secondary N) is 1. The van der Waals surface area contributed by atoms with Gasteiger partial charge in [-0.2, -0.15) is 5.26 Å². The number of alkyl halides is 1. The molecule has 0 radical (unpaired) electrons. The maximum absolute atomic E-state index is 15.5. The number of nitrogens with zero attached hydrogens (tertiary/aromatic N) is 7. The number of carbonyl (C=O) groups is 2. The van der Waals surface area contributed by atoms with Gasteiger partial charge in [0.05, 0.1) is 24.3 Å². The van der Waals surface area contributed by atoms with Gasteiger partial charge in [0.25, 0.3) is 5.91 Å². The minimum atomic E-state index is -1.84. The zero-order valence-corrected chi connectivity index (χ0v) is 28.1. The highest BCUT2D eigenvalue weighted by molar-refractivity contribution is 5.85. The minimum Gasteiger partial charge on any atom is -0.384 e. The van der Waals surface area contributed by atoms with Crippen LogP contribution in [-0.2, 0) is 17.9 Å². The van der Waals surface area contributed by atoms with Crippen LogP contribution in [0.2, 0.25) is 0 Å². The number of piperidine rings is 2. The molecule has 0 unspecified atom stereocenters. The predicted octanol–water partition coefficient (Wildman–Crippen LogP) is 4.83. The molecule has 53 heavy (non-hydrogen) atoms. The zero-order valence-electron chi connectivity index (χ0n) is 28.1. The van der Waals surface area contributed by atoms with Crippen LogP contribution in [0.1, 0.15) is 53.1 Å². The Balaban J connectivity index is 0.000000254. The molecule has 3 N–H and O–H groups in total. The fourth-order valence-electron chi connectivity index (χ4n) is 5.52. The molecule has 1 amide bonds. The van der Waals surface area contributed by atoms with Crippen LogP contribution in [0.3, 0.4) is 0 Å². The van der Waals surface area contributed by atoms with Crippen molar-refractivity contribution in [2.24, 2.45) is 0 Å². The van der Waals surface area contributed by atoms with Crippen molar-refractivity contribution < 1.29 is 40.3 Å². The number of nitrogens with two attached hydrogens (primary N) is 1. The average molecular weight is 746 g/mol. The molecule has 2 fully saturated rings. The number of hydrogen-bond acceptors (Lipinski definition) is 10. The van der Waals surface area contributed by atoms with Crippen LogP contribution in [0.4, 0.5) is 36.6 Å². The van der Waals surface area contributed by atoms with E-state index in [9.17, 15) is 35.9 Å². The Morgan fingerprint density at radius 1 is 0.887 bits per heavy atom. The summed E-state index contributed by atoms with van der Waals surface area (Å²) in [5.74, 6) is -4.81. The van der Waals surface area contributed by atoms with E-state index in [1.54, 1.807) is 17.2 Å². The molecule has 0 aromatic carbocycles. The van der Waals surface area contributed by atoms with Gasteiger partial charge in [0, 0.05) is 82.5 Å². The molecule has 0 aliphatic carbocycles. The molecule has 280 valence electrons. The Morgan fingerprint density at radius 3 is 2.06 bits per heavy atom. The molecule has 4 aromatic heterocycles. The van der Waals surface area contributed by atoms with E-state index >= 15 is 4.39 Å². The molecule has 6 heterocycles. The number of carbonyl (C=O) groups excluding carboxylic acids is 2. The van der Waals surface area contributed by atoms with Crippen molar-refractivity contribution >= 4 is 18.0 Å². The number of amides is 1. The molecule has 4 aromatic rings. The molecule has 0 atom stereocenters. The van der Waals surface area contributed by atoms with E-state index in [0.717, 1.165) is 30.2 Å². The van der Waals surface area contributed by atoms with Gasteiger partial charge in [-0.15, -0.1) is 0 Å². The fourth-order valence-corrected chi connectivity index (χ4v) is 5.52. The summed E-state index contributed by atoms with van der Waals surface area (Å²) in [6, 6.07) is 7.26. The van der Waals surface area contributed by atoms with Crippen molar-refractivity contribution in [3.63, 3.8) is 0 Å². The maximum Gasteiger partial charge on any atom is 0.260 e. The van der Waals surface area contributed by atoms with E-state index in [1.165, 1.54) is 6.07 Å². The average Bonchev–Trinajstić information content (AvgIpc) is 3.13. The van der Waals surface area contributed by atoms with Gasteiger partial charge < -0.3 is 16.0 Å². The van der Waals surface area contributed by atoms with Gasteiger partial charge in [0.2, 0.25) is 0 Å². The van der Waals surface area contributed by atoms with Crippen molar-refractivity contribution in [2.75, 3.05) is 31.9 Å². The lowest BCUT2D eigenvalue weighted by molar-refractivity contribution is -0.148. The normalized spacial score (nSPS) is 15.6. The standard InChI is InChI=1S/C23H29F3N6O.C6H2F2N2.C6H3F2NO/c24-17-12-19(25)20(30-13-17)14-29-18-2-7-32(8-3-18)22(33)23(26)4-9-31(10-5-23)15-16-1-6-28-21(27)11-16;7-4-1-5(8)6(2-9)10-3-4;7-4-1-5(8)6(3-10)9-2-4/h1,6,11-13,18,29H,2-5,7-10,14-15H2,(H2,27,28);1,3H;1-3H. The number of halogens is 7. The first-order valence-corrected chi connectivity index (χ1v) is 16.2. The summed E-state index contributed by atoms with van der Waals surface area (Å²) in [4.78, 5) is 40.7. The smallest absolute Gasteiger partial charge is 0.260 e. The Hall–Kier alpha value is -5.54. The third kappa shape index (κ3) is 11.7. The van der Waals surface area contributed by atoms with Gasteiger partial charge in [0.1, 0.15) is 40.8 Å². The molecule has 0 spiro atoms. The first kappa shape index (κ1) is 40.2. The molecule has 2 aliphatic heterocycles. The summed E-state index contributed by atoms with van der Waals surface area (Å²) < 4.78 is 91.0. The minimum absolute atomic E-state index is 0.0607. The van der Waals surface area contributed by atoms with Crippen LogP contribution in [0.5, 0.6) is 0 Å². The highest BCUT2D eigenvalue weighted by atomic mass is 19.2. The van der Waals surface area contributed by atoms with Crippen LogP contribution >= 0.6 is 0 Å². The van der Waals surface area contributed by atoms with Gasteiger partial charge in [-0.25, -0.2) is 45.7 Å². The number of hydrogen-bond donors (Lipinski definition) is 2. The van der Waals surface area contributed by atoms with E-state index in [-0.39, 0.29) is 48.8 Å². The second-order valence-corrected chi connectivity index (χ2v) is 12.1. The summed E-state index contributed by atoms with van der Waals surface area (Å²) in [5.41, 5.74) is 4.29. The summed E-state index contributed by atoms with van der Waals surface area (Å²) in [5, 5.41) is 11.3. The topological polar surface area (TPSA) is 154 Å². The number of rotatable bonds is 7. The van der Waals surface area contributed by atoms with Crippen LogP contribution < -0.4 is 11.1 Å². The van der Waals surface area contributed by atoms with Crippen molar-refractivity contribution in [3.8, 4) is 6.07 Å². The lowest BCUT2D eigenvalue weighted by Crippen LogP contribution is -2.55.